The number of halogens is 1. The largest absolute Gasteiger partial charge is 0.497 e. The number of aromatic nitrogens is 2. The van der Waals surface area contributed by atoms with E-state index in [2.05, 4.69) is 49.3 Å². The third kappa shape index (κ3) is 3.07. The molecule has 0 amide bonds. The van der Waals surface area contributed by atoms with Gasteiger partial charge in [-0.25, -0.2) is 4.98 Å². The Bertz CT molecular complexity index is 913. The fraction of sp³-hybridized carbons (Fsp3) is 0.350. The molecule has 0 spiro atoms. The first-order chi connectivity index (χ1) is 12.0. The number of hydrogen-bond acceptors (Lipinski definition) is 3. The molecule has 0 radical (unpaired) electrons. The summed E-state index contributed by atoms with van der Waals surface area (Å²) in [4.78, 5) is 7.21. The highest BCUT2D eigenvalue weighted by Crippen LogP contribution is 2.34. The fourth-order valence-corrected chi connectivity index (χ4v) is 3.50. The Kier molecular flexibility index (Phi) is 4.91. The molecule has 132 valence electrons. The zero-order valence-electron chi connectivity index (χ0n) is 15.4. The molecule has 0 fully saturated rings. The van der Waals surface area contributed by atoms with Crippen LogP contribution in [0.25, 0.3) is 16.9 Å². The molecular weight excluding hydrogens is 334 g/mol. The molecule has 3 rings (SSSR count). The Balaban J connectivity index is 2.19. The molecule has 2 heterocycles. The van der Waals surface area contributed by atoms with Gasteiger partial charge in [-0.3, -0.25) is 0 Å². The highest BCUT2D eigenvalue weighted by molar-refractivity contribution is 6.33. The van der Waals surface area contributed by atoms with Crippen LogP contribution in [0.5, 0.6) is 5.75 Å². The molecule has 0 aliphatic heterocycles. The zero-order valence-corrected chi connectivity index (χ0v) is 16.2. The summed E-state index contributed by atoms with van der Waals surface area (Å²) in [6.07, 6.45) is 2.17. The number of methoxy groups -OCH3 is 1. The van der Waals surface area contributed by atoms with Gasteiger partial charge in [0.1, 0.15) is 11.4 Å². The Morgan fingerprint density at radius 1 is 1.16 bits per heavy atom. The number of rotatable bonds is 5. The van der Waals surface area contributed by atoms with Crippen LogP contribution in [-0.4, -0.2) is 29.6 Å². The molecule has 0 N–H and O–H groups in total. The van der Waals surface area contributed by atoms with Gasteiger partial charge in [-0.2, -0.15) is 0 Å². The van der Waals surface area contributed by atoms with Gasteiger partial charge < -0.3 is 14.0 Å². The minimum atomic E-state index is 0.646. The summed E-state index contributed by atoms with van der Waals surface area (Å²) in [7, 11) is 1.64. The number of anilines is 1. The van der Waals surface area contributed by atoms with Crippen LogP contribution in [0.2, 0.25) is 5.02 Å². The molecule has 0 atom stereocenters. The maximum atomic E-state index is 6.47. The lowest BCUT2D eigenvalue weighted by atomic mass is 10.1. The summed E-state index contributed by atoms with van der Waals surface area (Å²) in [5.41, 5.74) is 6.25. The average Bonchev–Trinajstić information content (AvgIpc) is 2.93. The second-order valence-corrected chi connectivity index (χ2v) is 6.55. The molecule has 0 unspecified atom stereocenters. The average molecular weight is 358 g/mol. The van der Waals surface area contributed by atoms with Crippen molar-refractivity contribution in [3.05, 3.63) is 46.7 Å². The highest BCUT2D eigenvalue weighted by atomic mass is 35.5. The number of benzene rings is 1. The van der Waals surface area contributed by atoms with E-state index >= 15 is 0 Å². The summed E-state index contributed by atoms with van der Waals surface area (Å²) in [5, 5.41) is 0.646. The van der Waals surface area contributed by atoms with Crippen molar-refractivity contribution in [2.45, 2.75) is 27.7 Å². The zero-order chi connectivity index (χ0) is 18.1. The standard InChI is InChI=1S/C20H24ClN3O/c1-6-23(7-2)15-10-13(3)20-22-19(14(4)24(20)12-15)17-9-8-16(25-5)11-18(17)21/h8-12H,6-7H2,1-5H3. The van der Waals surface area contributed by atoms with Crippen molar-refractivity contribution in [3.63, 3.8) is 0 Å². The number of imidazole rings is 1. The van der Waals surface area contributed by atoms with Crippen molar-refractivity contribution in [2.75, 3.05) is 25.1 Å². The molecule has 4 nitrogen and oxygen atoms in total. The van der Waals surface area contributed by atoms with Gasteiger partial charge in [0.2, 0.25) is 0 Å². The Morgan fingerprint density at radius 3 is 2.48 bits per heavy atom. The predicted molar refractivity (Wildman–Crippen MR) is 105 cm³/mol. The van der Waals surface area contributed by atoms with Gasteiger partial charge in [-0.1, -0.05) is 11.6 Å². The molecule has 0 bridgehead atoms. The van der Waals surface area contributed by atoms with Gasteiger partial charge in [0.05, 0.1) is 23.5 Å². The first-order valence-corrected chi connectivity index (χ1v) is 8.96. The summed E-state index contributed by atoms with van der Waals surface area (Å²) in [6, 6.07) is 7.91. The van der Waals surface area contributed by atoms with Crippen molar-refractivity contribution >= 4 is 22.9 Å². The molecule has 2 aromatic heterocycles. The molecule has 0 saturated heterocycles. The normalized spacial score (nSPS) is 11.1. The van der Waals surface area contributed by atoms with Crippen LogP contribution >= 0.6 is 11.6 Å². The first-order valence-electron chi connectivity index (χ1n) is 8.58. The number of hydrogen-bond donors (Lipinski definition) is 0. The molecule has 0 saturated carbocycles. The van der Waals surface area contributed by atoms with Crippen LogP contribution < -0.4 is 9.64 Å². The van der Waals surface area contributed by atoms with Crippen molar-refractivity contribution in [1.29, 1.82) is 0 Å². The second-order valence-electron chi connectivity index (χ2n) is 6.14. The van der Waals surface area contributed by atoms with E-state index in [9.17, 15) is 0 Å². The van der Waals surface area contributed by atoms with Gasteiger partial charge in [-0.15, -0.1) is 0 Å². The van der Waals surface area contributed by atoms with Crippen LogP contribution in [0.1, 0.15) is 25.1 Å². The van der Waals surface area contributed by atoms with E-state index in [-0.39, 0.29) is 0 Å². The third-order valence-electron chi connectivity index (χ3n) is 4.69. The van der Waals surface area contributed by atoms with Crippen molar-refractivity contribution < 1.29 is 4.74 Å². The van der Waals surface area contributed by atoms with E-state index in [1.54, 1.807) is 7.11 Å². The van der Waals surface area contributed by atoms with Gasteiger partial charge in [-0.05, 0) is 57.5 Å². The number of fused-ring (bicyclic) bond motifs is 1. The Morgan fingerprint density at radius 2 is 1.88 bits per heavy atom. The van der Waals surface area contributed by atoms with E-state index in [1.165, 1.54) is 5.69 Å². The minimum absolute atomic E-state index is 0.646. The van der Waals surface area contributed by atoms with E-state index in [0.717, 1.165) is 47.0 Å². The quantitative estimate of drug-likeness (QED) is 0.634. The van der Waals surface area contributed by atoms with Gasteiger partial charge in [0.25, 0.3) is 0 Å². The van der Waals surface area contributed by atoms with Crippen LogP contribution in [0, 0.1) is 13.8 Å². The summed E-state index contributed by atoms with van der Waals surface area (Å²) in [6.45, 7) is 10.5. The van der Waals surface area contributed by atoms with Crippen molar-refractivity contribution in [2.24, 2.45) is 0 Å². The second kappa shape index (κ2) is 6.96. The number of ether oxygens (including phenoxy) is 1. The van der Waals surface area contributed by atoms with E-state index in [1.807, 2.05) is 18.2 Å². The minimum Gasteiger partial charge on any atom is -0.497 e. The van der Waals surface area contributed by atoms with Crippen LogP contribution in [0.4, 0.5) is 5.69 Å². The van der Waals surface area contributed by atoms with Gasteiger partial charge >= 0.3 is 0 Å². The lowest BCUT2D eigenvalue weighted by molar-refractivity contribution is 0.415. The summed E-state index contributed by atoms with van der Waals surface area (Å²) >= 11 is 6.47. The summed E-state index contributed by atoms with van der Waals surface area (Å²) < 4.78 is 7.41. The number of pyridine rings is 1. The third-order valence-corrected chi connectivity index (χ3v) is 5.00. The highest BCUT2D eigenvalue weighted by Gasteiger charge is 2.16. The molecule has 5 heteroatoms. The predicted octanol–water partition coefficient (Wildman–Crippen LogP) is 5.13. The maximum Gasteiger partial charge on any atom is 0.140 e. The van der Waals surface area contributed by atoms with E-state index in [0.29, 0.717) is 5.02 Å². The lowest BCUT2D eigenvalue weighted by Gasteiger charge is -2.21. The smallest absolute Gasteiger partial charge is 0.140 e. The molecule has 25 heavy (non-hydrogen) atoms. The first kappa shape index (κ1) is 17.6. The number of nitrogens with zero attached hydrogens (tertiary/aromatic N) is 3. The lowest BCUT2D eigenvalue weighted by Crippen LogP contribution is -2.22. The van der Waals surface area contributed by atoms with E-state index < -0.39 is 0 Å². The Hall–Kier alpha value is -2.20. The SMILES string of the molecule is CCN(CC)c1cc(C)c2nc(-c3ccc(OC)cc3Cl)c(C)n2c1. The van der Waals surface area contributed by atoms with E-state index in [4.69, 9.17) is 21.3 Å². The summed E-state index contributed by atoms with van der Waals surface area (Å²) in [5.74, 6) is 0.746. The molecule has 0 aliphatic carbocycles. The maximum absolute atomic E-state index is 6.47. The Labute approximate surface area is 154 Å². The molecular formula is C20H24ClN3O. The molecule has 0 aliphatic rings. The fourth-order valence-electron chi connectivity index (χ4n) is 3.24. The van der Waals surface area contributed by atoms with Gasteiger partial charge in [0, 0.05) is 30.5 Å². The monoisotopic (exact) mass is 357 g/mol. The molecule has 3 aromatic rings. The van der Waals surface area contributed by atoms with Crippen LogP contribution in [0.3, 0.4) is 0 Å². The van der Waals surface area contributed by atoms with Gasteiger partial charge in [0.15, 0.2) is 0 Å². The van der Waals surface area contributed by atoms with Crippen molar-refractivity contribution in [1.82, 2.24) is 9.38 Å². The van der Waals surface area contributed by atoms with Crippen molar-refractivity contribution in [3.8, 4) is 17.0 Å². The van der Waals surface area contributed by atoms with Crippen LogP contribution in [-0.2, 0) is 0 Å². The topological polar surface area (TPSA) is 29.8 Å². The molecule has 1 aromatic carbocycles. The number of aryl methyl sites for hydroxylation is 2. The van der Waals surface area contributed by atoms with Crippen LogP contribution in [0.15, 0.2) is 30.5 Å².